The molecule has 180 valence electrons. The molecule has 0 spiro atoms. The predicted molar refractivity (Wildman–Crippen MR) is 132 cm³/mol. The first-order valence-corrected chi connectivity index (χ1v) is 11.6. The molecule has 0 unspecified atom stereocenters. The molecule has 35 heavy (non-hydrogen) atoms. The lowest BCUT2D eigenvalue weighted by Crippen LogP contribution is -2.40. The number of ether oxygens (including phenoxy) is 2. The number of aromatic nitrogens is 1. The minimum atomic E-state index is -0.347. The van der Waals surface area contributed by atoms with E-state index in [0.717, 1.165) is 24.1 Å². The van der Waals surface area contributed by atoms with E-state index < -0.39 is 0 Å². The molecule has 1 fully saturated rings. The first-order chi connectivity index (χ1) is 17.1. The van der Waals surface area contributed by atoms with Crippen molar-refractivity contribution in [2.24, 2.45) is 0 Å². The standard InChI is InChI=1S/C27H27N3O5/c1-33-20-7-8-24-22(15-20)23(16-28-24)18-9-11-30(12-10-18)26(31)17-35-21-5-2-4-19(14-21)29-27(32)25-6-3-13-34-25/h2-8,13-16,18,28H,9-12,17H2,1H3,(H,29,32). The van der Waals surface area contributed by atoms with E-state index in [2.05, 4.69) is 22.6 Å². The highest BCUT2D eigenvalue weighted by Gasteiger charge is 2.26. The molecule has 0 radical (unpaired) electrons. The van der Waals surface area contributed by atoms with Gasteiger partial charge in [0, 0.05) is 41.9 Å². The number of hydrogen-bond donors (Lipinski definition) is 2. The van der Waals surface area contributed by atoms with E-state index in [9.17, 15) is 9.59 Å². The van der Waals surface area contributed by atoms with Gasteiger partial charge < -0.3 is 29.1 Å². The van der Waals surface area contributed by atoms with Gasteiger partial charge in [0.05, 0.1) is 13.4 Å². The quantitative estimate of drug-likeness (QED) is 0.402. The molecule has 3 heterocycles. The zero-order valence-electron chi connectivity index (χ0n) is 19.5. The third kappa shape index (κ3) is 5.01. The molecule has 2 aromatic carbocycles. The van der Waals surface area contributed by atoms with Gasteiger partial charge in [-0.3, -0.25) is 9.59 Å². The van der Waals surface area contributed by atoms with Crippen LogP contribution in [0.15, 0.2) is 71.5 Å². The number of carbonyl (C=O) groups is 2. The molecule has 0 bridgehead atoms. The highest BCUT2D eigenvalue weighted by molar-refractivity contribution is 6.02. The van der Waals surface area contributed by atoms with Gasteiger partial charge >= 0.3 is 0 Å². The van der Waals surface area contributed by atoms with Crippen LogP contribution < -0.4 is 14.8 Å². The van der Waals surface area contributed by atoms with Crippen LogP contribution in [0.5, 0.6) is 11.5 Å². The maximum atomic E-state index is 12.8. The van der Waals surface area contributed by atoms with E-state index in [1.54, 1.807) is 43.5 Å². The minimum absolute atomic E-state index is 0.0472. The molecule has 1 aliphatic heterocycles. The molecule has 2 amide bonds. The number of H-pyrrole nitrogens is 1. The monoisotopic (exact) mass is 473 g/mol. The zero-order valence-corrected chi connectivity index (χ0v) is 19.5. The van der Waals surface area contributed by atoms with Crippen LogP contribution in [0.3, 0.4) is 0 Å². The fraction of sp³-hybridized carbons (Fsp3) is 0.259. The Morgan fingerprint density at radius 1 is 1.09 bits per heavy atom. The maximum absolute atomic E-state index is 12.8. The Morgan fingerprint density at radius 2 is 1.94 bits per heavy atom. The molecule has 2 aromatic heterocycles. The highest BCUT2D eigenvalue weighted by atomic mass is 16.5. The van der Waals surface area contributed by atoms with Crippen molar-refractivity contribution in [2.45, 2.75) is 18.8 Å². The van der Waals surface area contributed by atoms with Crippen LogP contribution in [0.25, 0.3) is 10.9 Å². The Labute approximate surface area is 202 Å². The molecule has 8 nitrogen and oxygen atoms in total. The third-order valence-electron chi connectivity index (χ3n) is 6.41. The predicted octanol–water partition coefficient (Wildman–Crippen LogP) is 4.81. The molecule has 8 heteroatoms. The first-order valence-electron chi connectivity index (χ1n) is 11.6. The molecule has 4 aromatic rings. The van der Waals surface area contributed by atoms with Crippen molar-refractivity contribution in [1.29, 1.82) is 0 Å². The molecular formula is C27H27N3O5. The fourth-order valence-corrected chi connectivity index (χ4v) is 4.53. The van der Waals surface area contributed by atoms with Gasteiger partial charge in [-0.2, -0.15) is 0 Å². The smallest absolute Gasteiger partial charge is 0.291 e. The van der Waals surface area contributed by atoms with E-state index in [1.807, 2.05) is 17.0 Å². The molecule has 0 saturated carbocycles. The van der Waals surface area contributed by atoms with Crippen LogP contribution in [0.4, 0.5) is 5.69 Å². The average molecular weight is 474 g/mol. The summed E-state index contributed by atoms with van der Waals surface area (Å²) < 4.78 is 16.2. The largest absolute Gasteiger partial charge is 0.497 e. The second kappa shape index (κ2) is 9.97. The number of fused-ring (bicyclic) bond motifs is 1. The molecule has 0 atom stereocenters. The van der Waals surface area contributed by atoms with E-state index in [1.165, 1.54) is 17.2 Å². The number of likely N-dealkylation sites (tertiary alicyclic amines) is 1. The summed E-state index contributed by atoms with van der Waals surface area (Å²) in [4.78, 5) is 30.1. The van der Waals surface area contributed by atoms with E-state index in [4.69, 9.17) is 13.9 Å². The number of piperidine rings is 1. The fourth-order valence-electron chi connectivity index (χ4n) is 4.53. The van der Waals surface area contributed by atoms with Crippen molar-refractivity contribution < 1.29 is 23.5 Å². The summed E-state index contributed by atoms with van der Waals surface area (Å²) in [6, 6.07) is 16.3. The number of methoxy groups -OCH3 is 1. The van der Waals surface area contributed by atoms with Crippen molar-refractivity contribution in [2.75, 3.05) is 32.1 Å². The second-order valence-corrected chi connectivity index (χ2v) is 8.56. The Bertz CT molecular complexity index is 1320. The number of carbonyl (C=O) groups excluding carboxylic acids is 2. The SMILES string of the molecule is COc1ccc2[nH]cc(C3CCN(C(=O)COc4cccc(NC(=O)c5ccco5)c4)CC3)c2c1. The summed E-state index contributed by atoms with van der Waals surface area (Å²) in [5.74, 6) is 1.57. The topological polar surface area (TPSA) is 96.8 Å². The molecule has 2 N–H and O–H groups in total. The second-order valence-electron chi connectivity index (χ2n) is 8.56. The Balaban J connectivity index is 1.14. The van der Waals surface area contributed by atoms with Crippen molar-refractivity contribution in [3.63, 3.8) is 0 Å². The van der Waals surface area contributed by atoms with Gasteiger partial charge in [0.1, 0.15) is 11.5 Å². The number of hydrogen-bond acceptors (Lipinski definition) is 5. The first kappa shape index (κ1) is 22.6. The Morgan fingerprint density at radius 3 is 2.71 bits per heavy atom. The molecular weight excluding hydrogens is 446 g/mol. The zero-order chi connectivity index (χ0) is 24.2. The van der Waals surface area contributed by atoms with Gasteiger partial charge in [0.25, 0.3) is 11.8 Å². The molecule has 1 aliphatic rings. The number of furan rings is 1. The van der Waals surface area contributed by atoms with E-state index in [0.29, 0.717) is 30.4 Å². The number of anilines is 1. The normalized spacial score (nSPS) is 14.1. The van der Waals surface area contributed by atoms with Crippen LogP contribution in [0, 0.1) is 0 Å². The van der Waals surface area contributed by atoms with Crippen LogP contribution in [-0.2, 0) is 4.79 Å². The van der Waals surface area contributed by atoms with Crippen molar-refractivity contribution in [3.8, 4) is 11.5 Å². The van der Waals surface area contributed by atoms with Crippen molar-refractivity contribution in [3.05, 3.63) is 78.4 Å². The van der Waals surface area contributed by atoms with E-state index >= 15 is 0 Å². The lowest BCUT2D eigenvalue weighted by molar-refractivity contribution is -0.134. The number of nitrogens with zero attached hydrogens (tertiary/aromatic N) is 1. The summed E-state index contributed by atoms with van der Waals surface area (Å²) in [7, 11) is 1.67. The average Bonchev–Trinajstić information content (AvgIpc) is 3.58. The van der Waals surface area contributed by atoms with Gasteiger partial charge in [-0.1, -0.05) is 6.07 Å². The molecule has 1 saturated heterocycles. The lowest BCUT2D eigenvalue weighted by Gasteiger charge is -2.32. The van der Waals surface area contributed by atoms with Gasteiger partial charge in [0.2, 0.25) is 0 Å². The van der Waals surface area contributed by atoms with Crippen molar-refractivity contribution >= 4 is 28.4 Å². The van der Waals surface area contributed by atoms with Gasteiger partial charge in [-0.25, -0.2) is 0 Å². The van der Waals surface area contributed by atoms with Crippen LogP contribution in [0.2, 0.25) is 0 Å². The van der Waals surface area contributed by atoms with Gasteiger partial charge in [-0.05, 0) is 66.8 Å². The Hall–Kier alpha value is -4.20. The number of rotatable bonds is 7. The van der Waals surface area contributed by atoms with Crippen molar-refractivity contribution in [1.82, 2.24) is 9.88 Å². The molecule has 0 aliphatic carbocycles. The van der Waals surface area contributed by atoms with Gasteiger partial charge in [-0.15, -0.1) is 0 Å². The summed E-state index contributed by atoms with van der Waals surface area (Å²) >= 11 is 0. The summed E-state index contributed by atoms with van der Waals surface area (Å²) in [5, 5.41) is 3.93. The number of aromatic amines is 1. The minimum Gasteiger partial charge on any atom is -0.497 e. The summed E-state index contributed by atoms with van der Waals surface area (Å²) in [6.07, 6.45) is 5.31. The van der Waals surface area contributed by atoms with Crippen LogP contribution in [-0.4, -0.2) is 48.5 Å². The number of nitrogens with one attached hydrogen (secondary N) is 2. The van der Waals surface area contributed by atoms with E-state index in [-0.39, 0.29) is 24.2 Å². The molecule has 5 rings (SSSR count). The third-order valence-corrected chi connectivity index (χ3v) is 6.41. The summed E-state index contributed by atoms with van der Waals surface area (Å²) in [6.45, 7) is 1.32. The number of amides is 2. The number of benzene rings is 2. The lowest BCUT2D eigenvalue weighted by atomic mass is 9.89. The van der Waals surface area contributed by atoms with Crippen LogP contribution in [0.1, 0.15) is 34.9 Å². The van der Waals surface area contributed by atoms with Gasteiger partial charge in [0.15, 0.2) is 12.4 Å². The summed E-state index contributed by atoms with van der Waals surface area (Å²) in [5.41, 5.74) is 2.93. The highest BCUT2D eigenvalue weighted by Crippen LogP contribution is 2.34. The van der Waals surface area contributed by atoms with Crippen LogP contribution >= 0.6 is 0 Å². The maximum Gasteiger partial charge on any atom is 0.291 e. The Kier molecular flexibility index (Phi) is 6.43.